The van der Waals surface area contributed by atoms with Crippen molar-refractivity contribution in [3.63, 3.8) is 0 Å². The number of ether oxygens (including phenoxy) is 1. The quantitative estimate of drug-likeness (QED) is 0.450. The fourth-order valence-electron chi connectivity index (χ4n) is 1.65. The molecule has 0 atom stereocenters. The lowest BCUT2D eigenvalue weighted by Crippen LogP contribution is -2.46. The molecular formula is C13H26N2O2. The van der Waals surface area contributed by atoms with Gasteiger partial charge in [0, 0.05) is 13.1 Å². The number of carbonyl (C=O) groups is 1. The number of rotatable bonds is 10. The zero-order valence-corrected chi connectivity index (χ0v) is 11.1. The van der Waals surface area contributed by atoms with Gasteiger partial charge in [0.1, 0.15) is 0 Å². The lowest BCUT2D eigenvalue weighted by molar-refractivity contribution is -0.131. The monoisotopic (exact) mass is 242 g/mol. The van der Waals surface area contributed by atoms with E-state index in [2.05, 4.69) is 11.9 Å². The minimum absolute atomic E-state index is 0.0392. The van der Waals surface area contributed by atoms with Crippen molar-refractivity contribution in [3.8, 4) is 0 Å². The first-order chi connectivity index (χ1) is 8.16. The predicted molar refractivity (Wildman–Crippen MR) is 70.7 cm³/mol. The highest BCUT2D eigenvalue weighted by Crippen LogP contribution is 2.24. The molecule has 4 nitrogen and oxygen atoms in total. The van der Waals surface area contributed by atoms with Gasteiger partial charge >= 0.3 is 0 Å². The van der Waals surface area contributed by atoms with Gasteiger partial charge in [-0.15, -0.1) is 6.58 Å². The summed E-state index contributed by atoms with van der Waals surface area (Å²) >= 11 is 0. The van der Waals surface area contributed by atoms with Gasteiger partial charge in [-0.05, 0) is 19.3 Å². The fourth-order valence-corrected chi connectivity index (χ4v) is 1.65. The highest BCUT2D eigenvalue weighted by atomic mass is 16.5. The van der Waals surface area contributed by atoms with Crippen LogP contribution in [0.2, 0.25) is 0 Å². The Bertz CT molecular complexity index is 217. The number of hydrogen-bond donors (Lipinski definition) is 2. The van der Waals surface area contributed by atoms with Crippen molar-refractivity contribution in [1.82, 2.24) is 5.32 Å². The molecule has 0 aromatic carbocycles. The van der Waals surface area contributed by atoms with Crippen LogP contribution in [0.1, 0.15) is 33.1 Å². The first-order valence-electron chi connectivity index (χ1n) is 6.33. The Labute approximate surface area is 105 Å². The van der Waals surface area contributed by atoms with Crippen molar-refractivity contribution in [2.45, 2.75) is 33.1 Å². The van der Waals surface area contributed by atoms with Crippen LogP contribution in [0, 0.1) is 5.41 Å². The van der Waals surface area contributed by atoms with Crippen LogP contribution in [-0.4, -0.2) is 32.2 Å². The number of carbonyl (C=O) groups excluding carboxylic acids is 1. The molecule has 0 fully saturated rings. The first-order valence-corrected chi connectivity index (χ1v) is 6.33. The van der Waals surface area contributed by atoms with Gasteiger partial charge in [0.25, 0.3) is 0 Å². The maximum atomic E-state index is 12.0. The van der Waals surface area contributed by atoms with Crippen molar-refractivity contribution >= 4 is 5.91 Å². The van der Waals surface area contributed by atoms with Crippen molar-refractivity contribution in [3.05, 3.63) is 12.7 Å². The fraction of sp³-hybridized carbons (Fsp3) is 0.769. The minimum Gasteiger partial charge on any atom is -0.379 e. The van der Waals surface area contributed by atoms with Crippen molar-refractivity contribution in [2.24, 2.45) is 11.1 Å². The highest BCUT2D eigenvalue weighted by molar-refractivity contribution is 5.82. The Balaban J connectivity index is 3.87. The summed E-state index contributed by atoms with van der Waals surface area (Å²) in [5, 5.41) is 2.88. The summed E-state index contributed by atoms with van der Waals surface area (Å²) in [5.74, 6) is 0.0392. The second-order valence-corrected chi connectivity index (χ2v) is 4.14. The molecule has 100 valence electrons. The van der Waals surface area contributed by atoms with Gasteiger partial charge in [0.2, 0.25) is 5.91 Å². The van der Waals surface area contributed by atoms with Crippen LogP contribution in [0.3, 0.4) is 0 Å². The average molecular weight is 242 g/mol. The van der Waals surface area contributed by atoms with Crippen LogP contribution in [-0.2, 0) is 9.53 Å². The molecule has 0 aliphatic heterocycles. The van der Waals surface area contributed by atoms with E-state index in [0.717, 1.165) is 19.3 Å². The zero-order chi connectivity index (χ0) is 13.1. The Morgan fingerprint density at radius 1 is 1.41 bits per heavy atom. The third-order valence-corrected chi connectivity index (χ3v) is 3.22. The van der Waals surface area contributed by atoms with Gasteiger partial charge in [-0.1, -0.05) is 19.9 Å². The standard InChI is InChI=1S/C13H26N2O2/c1-4-7-9-17-10-8-15-12(16)13(5-2,6-3)11-14/h4H,1,5-11,14H2,2-3H3,(H,15,16). The SMILES string of the molecule is C=CCCOCCNC(=O)C(CC)(CC)CN. The Hall–Kier alpha value is -0.870. The molecule has 4 heteroatoms. The van der Waals surface area contributed by atoms with Gasteiger partial charge in [-0.3, -0.25) is 4.79 Å². The van der Waals surface area contributed by atoms with E-state index in [9.17, 15) is 4.79 Å². The average Bonchev–Trinajstić information content (AvgIpc) is 2.36. The molecule has 0 aromatic rings. The summed E-state index contributed by atoms with van der Waals surface area (Å²) in [6, 6.07) is 0. The first kappa shape index (κ1) is 16.1. The topological polar surface area (TPSA) is 64.3 Å². The van der Waals surface area contributed by atoms with E-state index >= 15 is 0 Å². The molecule has 0 rings (SSSR count). The molecule has 0 saturated heterocycles. The summed E-state index contributed by atoms with van der Waals surface area (Å²) in [6.07, 6.45) is 4.18. The molecule has 0 saturated carbocycles. The van der Waals surface area contributed by atoms with Crippen LogP contribution in [0.5, 0.6) is 0 Å². The van der Waals surface area contributed by atoms with Crippen LogP contribution < -0.4 is 11.1 Å². The summed E-state index contributed by atoms with van der Waals surface area (Å²) in [6.45, 7) is 9.72. The molecule has 0 spiro atoms. The second kappa shape index (κ2) is 9.19. The molecule has 0 radical (unpaired) electrons. The van der Waals surface area contributed by atoms with E-state index in [0.29, 0.717) is 26.3 Å². The zero-order valence-electron chi connectivity index (χ0n) is 11.1. The summed E-state index contributed by atoms with van der Waals surface area (Å²) < 4.78 is 5.32. The van der Waals surface area contributed by atoms with Crippen LogP contribution in [0.15, 0.2) is 12.7 Å². The molecule has 1 amide bonds. The largest absolute Gasteiger partial charge is 0.379 e. The molecule has 0 heterocycles. The van der Waals surface area contributed by atoms with E-state index in [1.165, 1.54) is 0 Å². The summed E-state index contributed by atoms with van der Waals surface area (Å²) in [4.78, 5) is 12.0. The predicted octanol–water partition coefficient (Wildman–Crippen LogP) is 1.46. The Morgan fingerprint density at radius 2 is 2.06 bits per heavy atom. The normalized spacial score (nSPS) is 11.2. The van der Waals surface area contributed by atoms with Gasteiger partial charge in [0.15, 0.2) is 0 Å². The molecule has 0 unspecified atom stereocenters. The number of nitrogens with two attached hydrogens (primary N) is 1. The maximum absolute atomic E-state index is 12.0. The highest BCUT2D eigenvalue weighted by Gasteiger charge is 2.32. The number of amides is 1. The molecule has 0 bridgehead atoms. The third kappa shape index (κ3) is 5.33. The summed E-state index contributed by atoms with van der Waals surface area (Å²) in [7, 11) is 0. The maximum Gasteiger partial charge on any atom is 0.227 e. The summed E-state index contributed by atoms with van der Waals surface area (Å²) in [5.41, 5.74) is 5.28. The van der Waals surface area contributed by atoms with Crippen LogP contribution in [0.4, 0.5) is 0 Å². The molecule has 0 aliphatic carbocycles. The van der Waals surface area contributed by atoms with Crippen LogP contribution >= 0.6 is 0 Å². The number of nitrogens with one attached hydrogen (secondary N) is 1. The third-order valence-electron chi connectivity index (χ3n) is 3.22. The van der Waals surface area contributed by atoms with Crippen molar-refractivity contribution in [1.29, 1.82) is 0 Å². The Kier molecular flexibility index (Phi) is 8.72. The van der Waals surface area contributed by atoms with Gasteiger partial charge in [0.05, 0.1) is 18.6 Å². The van der Waals surface area contributed by atoms with Crippen molar-refractivity contribution < 1.29 is 9.53 Å². The minimum atomic E-state index is -0.416. The van der Waals surface area contributed by atoms with Gasteiger partial charge in [-0.25, -0.2) is 0 Å². The van der Waals surface area contributed by atoms with Gasteiger partial charge in [-0.2, -0.15) is 0 Å². The van der Waals surface area contributed by atoms with Gasteiger partial charge < -0.3 is 15.8 Å². The van der Waals surface area contributed by atoms with E-state index < -0.39 is 5.41 Å². The molecule has 0 aromatic heterocycles. The molecule has 17 heavy (non-hydrogen) atoms. The van der Waals surface area contributed by atoms with E-state index in [1.54, 1.807) is 0 Å². The van der Waals surface area contributed by atoms with E-state index in [-0.39, 0.29) is 5.91 Å². The van der Waals surface area contributed by atoms with E-state index in [4.69, 9.17) is 10.5 Å². The lowest BCUT2D eigenvalue weighted by Gasteiger charge is -2.28. The van der Waals surface area contributed by atoms with Crippen molar-refractivity contribution in [2.75, 3.05) is 26.3 Å². The molecular weight excluding hydrogens is 216 g/mol. The number of hydrogen-bond acceptors (Lipinski definition) is 3. The second-order valence-electron chi connectivity index (χ2n) is 4.14. The lowest BCUT2D eigenvalue weighted by atomic mass is 9.81. The molecule has 0 aliphatic rings. The smallest absolute Gasteiger partial charge is 0.227 e. The van der Waals surface area contributed by atoms with E-state index in [1.807, 2.05) is 19.9 Å². The molecule has 3 N–H and O–H groups in total. The van der Waals surface area contributed by atoms with Crippen LogP contribution in [0.25, 0.3) is 0 Å². The Morgan fingerprint density at radius 3 is 2.53 bits per heavy atom.